The van der Waals surface area contributed by atoms with Crippen LogP contribution in [-0.4, -0.2) is 66.2 Å². The topological polar surface area (TPSA) is 93.1 Å². The van der Waals surface area contributed by atoms with Gasteiger partial charge in [0.2, 0.25) is 5.78 Å². The first-order chi connectivity index (χ1) is 12.2. The molecule has 1 fully saturated rings. The maximum absolute atomic E-state index is 12.8. The third kappa shape index (κ3) is 4.40. The fourth-order valence-electron chi connectivity index (χ4n) is 2.92. The van der Waals surface area contributed by atoms with Gasteiger partial charge in [-0.05, 0) is 33.2 Å². The zero-order valence-corrected chi connectivity index (χ0v) is 15.8. The van der Waals surface area contributed by atoms with Gasteiger partial charge >= 0.3 is 11.9 Å². The Bertz CT molecular complexity index is 648. The van der Waals surface area contributed by atoms with Crippen LogP contribution in [0.15, 0.2) is 23.3 Å². The largest absolute Gasteiger partial charge is 0.459 e. The van der Waals surface area contributed by atoms with E-state index >= 15 is 0 Å². The lowest BCUT2D eigenvalue weighted by molar-refractivity contribution is -0.169. The first-order valence-corrected chi connectivity index (χ1v) is 8.84. The zero-order chi connectivity index (χ0) is 19.5. The van der Waals surface area contributed by atoms with Crippen molar-refractivity contribution in [3.8, 4) is 0 Å². The molecule has 2 aliphatic heterocycles. The maximum Gasteiger partial charge on any atom is 0.338 e. The van der Waals surface area contributed by atoms with E-state index in [0.717, 1.165) is 0 Å². The second kappa shape index (κ2) is 8.14. The Balaban J connectivity index is 2.42. The monoisotopic (exact) mass is 365 g/mol. The molecule has 0 spiro atoms. The van der Waals surface area contributed by atoms with Gasteiger partial charge in [-0.25, -0.2) is 9.59 Å². The van der Waals surface area contributed by atoms with Crippen LogP contribution in [0.1, 0.15) is 33.6 Å². The summed E-state index contributed by atoms with van der Waals surface area (Å²) in [6.07, 6.45) is 2.86. The molecule has 2 heterocycles. The van der Waals surface area contributed by atoms with Crippen molar-refractivity contribution in [3.05, 3.63) is 23.3 Å². The Morgan fingerprint density at radius 1 is 1.35 bits per heavy atom. The first kappa shape index (κ1) is 20.3. The second-order valence-corrected chi connectivity index (χ2v) is 7.18. The quantitative estimate of drug-likeness (QED) is 0.506. The summed E-state index contributed by atoms with van der Waals surface area (Å²) in [6, 6.07) is 0. The number of Topliss-reactive ketones (excluding diaryl/α,β-unsaturated/α-hetero) is 1. The number of carbonyl (C=O) groups excluding carboxylic acids is 3. The van der Waals surface area contributed by atoms with Crippen molar-refractivity contribution in [2.45, 2.75) is 45.3 Å². The van der Waals surface area contributed by atoms with Gasteiger partial charge < -0.3 is 19.5 Å². The van der Waals surface area contributed by atoms with Gasteiger partial charge in [-0.3, -0.25) is 4.79 Å². The Morgan fingerprint density at radius 3 is 2.69 bits per heavy atom. The number of fused-ring (bicyclic) bond motifs is 2. The lowest BCUT2D eigenvalue weighted by atomic mass is 9.85. The van der Waals surface area contributed by atoms with E-state index < -0.39 is 29.6 Å². The van der Waals surface area contributed by atoms with Crippen LogP contribution in [0.25, 0.3) is 0 Å². The number of hydrogen-bond donors (Lipinski definition) is 1. The molecule has 26 heavy (non-hydrogen) atoms. The number of carbonyl (C=O) groups is 3. The standard InChI is InChI=1S/C19H27NO6/c1-5-13-10-12(2)19(3,24)18(23)25-11-14-6-8-20(4)9-7-15(16(14)21)26-17(13)22/h5-6,12,15,24H,7-11H2,1-4H3/b13-5+,14-6-/t12-,15+,19-/m0/s1. The van der Waals surface area contributed by atoms with E-state index in [4.69, 9.17) is 9.47 Å². The zero-order valence-electron chi connectivity index (χ0n) is 15.8. The Morgan fingerprint density at radius 2 is 2.04 bits per heavy atom. The van der Waals surface area contributed by atoms with Crippen molar-refractivity contribution in [2.24, 2.45) is 5.92 Å². The molecule has 0 aromatic heterocycles. The highest BCUT2D eigenvalue weighted by Crippen LogP contribution is 2.27. The second-order valence-electron chi connectivity index (χ2n) is 7.18. The number of esters is 2. The summed E-state index contributed by atoms with van der Waals surface area (Å²) in [4.78, 5) is 39.7. The summed E-state index contributed by atoms with van der Waals surface area (Å²) in [5.74, 6) is -2.32. The summed E-state index contributed by atoms with van der Waals surface area (Å²) in [6.45, 7) is 5.58. The average Bonchev–Trinajstić information content (AvgIpc) is 2.59. The number of ketones is 1. The number of likely N-dealkylation sites (N-methyl/N-ethyl adjacent to an activating group) is 1. The first-order valence-electron chi connectivity index (χ1n) is 8.84. The molecule has 2 rings (SSSR count). The predicted molar refractivity (Wildman–Crippen MR) is 94.2 cm³/mol. The van der Waals surface area contributed by atoms with Crippen LogP contribution in [0.2, 0.25) is 0 Å². The molecule has 0 amide bonds. The summed E-state index contributed by atoms with van der Waals surface area (Å²) >= 11 is 0. The van der Waals surface area contributed by atoms with Gasteiger partial charge in [0.05, 0.1) is 0 Å². The SMILES string of the molecule is C/C=C1\C[C@H](C)[C@](C)(O)C(=O)OC/C2=C/CN(C)CC[C@@H](OC1=O)C2=O. The molecule has 1 saturated heterocycles. The third-order valence-corrected chi connectivity index (χ3v) is 5.15. The maximum atomic E-state index is 12.8. The molecular weight excluding hydrogens is 338 g/mol. The van der Waals surface area contributed by atoms with E-state index in [1.54, 1.807) is 26.0 Å². The number of hydrogen-bond acceptors (Lipinski definition) is 7. The van der Waals surface area contributed by atoms with E-state index in [9.17, 15) is 19.5 Å². The molecule has 3 atom stereocenters. The minimum atomic E-state index is -1.78. The van der Waals surface area contributed by atoms with Gasteiger partial charge in [-0.15, -0.1) is 0 Å². The summed E-state index contributed by atoms with van der Waals surface area (Å²) in [7, 11) is 1.89. The fourth-order valence-corrected chi connectivity index (χ4v) is 2.92. The van der Waals surface area contributed by atoms with Crippen molar-refractivity contribution in [3.63, 3.8) is 0 Å². The molecule has 2 bridgehead atoms. The molecule has 7 heteroatoms. The Hall–Kier alpha value is -1.99. The number of ether oxygens (including phenoxy) is 2. The van der Waals surface area contributed by atoms with Crippen LogP contribution in [0.3, 0.4) is 0 Å². The van der Waals surface area contributed by atoms with E-state index in [2.05, 4.69) is 0 Å². The van der Waals surface area contributed by atoms with Gasteiger partial charge in [-0.1, -0.05) is 19.1 Å². The van der Waals surface area contributed by atoms with E-state index in [-0.39, 0.29) is 24.4 Å². The molecule has 1 N–H and O–H groups in total. The summed E-state index contributed by atoms with van der Waals surface area (Å²) < 4.78 is 10.7. The highest BCUT2D eigenvalue weighted by molar-refractivity contribution is 6.01. The molecule has 0 unspecified atom stereocenters. The van der Waals surface area contributed by atoms with E-state index in [1.165, 1.54) is 6.92 Å². The van der Waals surface area contributed by atoms with Crippen molar-refractivity contribution in [1.82, 2.24) is 4.90 Å². The van der Waals surface area contributed by atoms with Gasteiger partial charge in [0.1, 0.15) is 6.61 Å². The molecule has 0 saturated carbocycles. The highest BCUT2D eigenvalue weighted by Gasteiger charge is 2.40. The van der Waals surface area contributed by atoms with Crippen molar-refractivity contribution in [1.29, 1.82) is 0 Å². The number of allylic oxidation sites excluding steroid dienone is 1. The number of rotatable bonds is 0. The van der Waals surface area contributed by atoms with E-state index in [0.29, 0.717) is 25.1 Å². The molecule has 0 aromatic carbocycles. The van der Waals surface area contributed by atoms with Crippen LogP contribution >= 0.6 is 0 Å². The average molecular weight is 365 g/mol. The molecule has 2 aliphatic rings. The van der Waals surface area contributed by atoms with Crippen LogP contribution in [0, 0.1) is 5.92 Å². The molecule has 7 nitrogen and oxygen atoms in total. The minimum absolute atomic E-state index is 0.140. The van der Waals surface area contributed by atoms with Crippen LogP contribution in [0.5, 0.6) is 0 Å². The van der Waals surface area contributed by atoms with Crippen molar-refractivity contribution >= 4 is 17.7 Å². The van der Waals surface area contributed by atoms with E-state index in [1.807, 2.05) is 11.9 Å². The van der Waals surface area contributed by atoms with Crippen LogP contribution in [-0.2, 0) is 23.9 Å². The predicted octanol–water partition coefficient (Wildman–Crippen LogP) is 1.01. The van der Waals surface area contributed by atoms with Crippen molar-refractivity contribution < 1.29 is 29.0 Å². The van der Waals surface area contributed by atoms with Crippen LogP contribution in [0.4, 0.5) is 0 Å². The molecule has 0 aliphatic carbocycles. The van der Waals surface area contributed by atoms with Gasteiger partial charge in [-0.2, -0.15) is 0 Å². The van der Waals surface area contributed by atoms with Gasteiger partial charge in [0.25, 0.3) is 0 Å². The van der Waals surface area contributed by atoms with Crippen molar-refractivity contribution in [2.75, 3.05) is 26.7 Å². The van der Waals surface area contributed by atoms with Gasteiger partial charge in [0.15, 0.2) is 11.7 Å². The van der Waals surface area contributed by atoms with Gasteiger partial charge in [0, 0.05) is 30.7 Å². The number of cyclic esters (lactones) is 1. The Labute approximate surface area is 153 Å². The lowest BCUT2D eigenvalue weighted by Crippen LogP contribution is -2.45. The smallest absolute Gasteiger partial charge is 0.338 e. The normalized spacial score (nSPS) is 36.0. The lowest BCUT2D eigenvalue weighted by Gasteiger charge is -2.31. The molecule has 0 aromatic rings. The van der Waals surface area contributed by atoms with Crippen LogP contribution < -0.4 is 0 Å². The summed E-state index contributed by atoms with van der Waals surface area (Å²) in [5, 5.41) is 10.6. The molecular formula is C19H27NO6. The highest BCUT2D eigenvalue weighted by atomic mass is 16.6. The summed E-state index contributed by atoms with van der Waals surface area (Å²) in [5.41, 5.74) is -1.19. The molecule has 144 valence electrons. The third-order valence-electron chi connectivity index (χ3n) is 5.15. The minimum Gasteiger partial charge on any atom is -0.459 e. The fraction of sp³-hybridized carbons (Fsp3) is 0.632. The number of nitrogens with zero attached hydrogens (tertiary/aromatic N) is 1. The number of aliphatic hydroxyl groups is 1. The Kier molecular flexibility index (Phi) is 6.36. The molecule has 0 radical (unpaired) electrons.